The summed E-state index contributed by atoms with van der Waals surface area (Å²) in [5.41, 5.74) is 4.51. The molecule has 2 heterocycles. The Labute approximate surface area is 127 Å². The van der Waals surface area contributed by atoms with Crippen LogP contribution in [-0.4, -0.2) is 17.8 Å². The predicted octanol–water partition coefficient (Wildman–Crippen LogP) is 4.39. The molecule has 21 heavy (non-hydrogen) atoms. The number of pyridine rings is 1. The molecule has 0 fully saturated rings. The average molecular weight is 300 g/mol. The third-order valence-electron chi connectivity index (χ3n) is 3.64. The zero-order valence-corrected chi connectivity index (χ0v) is 12.5. The molecule has 0 unspecified atom stereocenters. The van der Waals surface area contributed by atoms with E-state index in [1.807, 2.05) is 47.9 Å². The van der Waals surface area contributed by atoms with Crippen LogP contribution in [0.25, 0.3) is 16.6 Å². The van der Waals surface area contributed by atoms with Crippen LogP contribution in [0, 0.1) is 6.92 Å². The minimum Gasteiger partial charge on any atom is -0.495 e. The number of aromatic nitrogens is 1. The van der Waals surface area contributed by atoms with E-state index in [0.717, 1.165) is 28.5 Å². The minimum absolute atomic E-state index is 0.527. The molecule has 0 saturated heterocycles. The Morgan fingerprint density at radius 3 is 2.71 bits per heavy atom. The highest BCUT2D eigenvalue weighted by atomic mass is 35.5. The smallest absolute Gasteiger partial charge is 0.167 e. The fraction of sp³-hybridized carbons (Fsp3) is 0.118. The van der Waals surface area contributed by atoms with E-state index in [1.54, 1.807) is 13.2 Å². The van der Waals surface area contributed by atoms with Gasteiger partial charge in [0.1, 0.15) is 5.75 Å². The first kappa shape index (κ1) is 13.7. The van der Waals surface area contributed by atoms with Crippen LogP contribution in [-0.2, 0) is 0 Å². The number of aryl methyl sites for hydroxylation is 1. The Hall–Kier alpha value is -2.26. The number of hydrogen-bond donors (Lipinski definition) is 0. The van der Waals surface area contributed by atoms with Gasteiger partial charge in [0.15, 0.2) is 6.29 Å². The van der Waals surface area contributed by atoms with Crippen molar-refractivity contribution in [2.45, 2.75) is 6.92 Å². The third kappa shape index (κ3) is 2.20. The summed E-state index contributed by atoms with van der Waals surface area (Å²) in [6.07, 6.45) is 2.76. The Kier molecular flexibility index (Phi) is 3.43. The summed E-state index contributed by atoms with van der Waals surface area (Å²) in [6, 6.07) is 11.5. The molecule has 4 heteroatoms. The first-order valence-corrected chi connectivity index (χ1v) is 6.93. The van der Waals surface area contributed by atoms with Crippen LogP contribution in [0.3, 0.4) is 0 Å². The fourth-order valence-corrected chi connectivity index (χ4v) is 2.81. The van der Waals surface area contributed by atoms with Crippen molar-refractivity contribution in [1.29, 1.82) is 0 Å². The highest BCUT2D eigenvalue weighted by molar-refractivity contribution is 6.32. The zero-order valence-electron chi connectivity index (χ0n) is 11.8. The number of fused-ring (bicyclic) bond motifs is 1. The van der Waals surface area contributed by atoms with Gasteiger partial charge in [-0.05, 0) is 42.3 Å². The second kappa shape index (κ2) is 5.26. The normalized spacial score (nSPS) is 10.8. The van der Waals surface area contributed by atoms with E-state index >= 15 is 0 Å². The first-order valence-electron chi connectivity index (χ1n) is 6.55. The van der Waals surface area contributed by atoms with E-state index in [1.165, 1.54) is 0 Å². The molecule has 0 radical (unpaired) electrons. The highest BCUT2D eigenvalue weighted by Gasteiger charge is 2.13. The maximum absolute atomic E-state index is 11.5. The van der Waals surface area contributed by atoms with Gasteiger partial charge in [-0.25, -0.2) is 0 Å². The van der Waals surface area contributed by atoms with Crippen LogP contribution < -0.4 is 4.74 Å². The van der Waals surface area contributed by atoms with Crippen LogP contribution in [0.15, 0.2) is 42.6 Å². The molecular weight excluding hydrogens is 286 g/mol. The summed E-state index contributed by atoms with van der Waals surface area (Å²) < 4.78 is 7.06. The molecule has 0 spiro atoms. The first-order chi connectivity index (χ1) is 10.2. The second-order valence-electron chi connectivity index (χ2n) is 4.86. The van der Waals surface area contributed by atoms with Gasteiger partial charge in [-0.1, -0.05) is 23.7 Å². The lowest BCUT2D eigenvalue weighted by molar-refractivity contribution is 0.111. The lowest BCUT2D eigenvalue weighted by atomic mass is 10.1. The van der Waals surface area contributed by atoms with Gasteiger partial charge >= 0.3 is 0 Å². The molecule has 0 saturated carbocycles. The van der Waals surface area contributed by atoms with Crippen LogP contribution in [0.5, 0.6) is 5.75 Å². The maximum Gasteiger partial charge on any atom is 0.167 e. The topological polar surface area (TPSA) is 30.7 Å². The molecule has 0 bridgehead atoms. The molecule has 3 nitrogen and oxygen atoms in total. The summed E-state index contributed by atoms with van der Waals surface area (Å²) in [5.74, 6) is 0.619. The Morgan fingerprint density at radius 1 is 1.24 bits per heavy atom. The van der Waals surface area contributed by atoms with Crippen molar-refractivity contribution in [2.24, 2.45) is 0 Å². The number of hydrogen-bond acceptors (Lipinski definition) is 2. The van der Waals surface area contributed by atoms with Crippen molar-refractivity contribution in [3.63, 3.8) is 0 Å². The van der Waals surface area contributed by atoms with E-state index < -0.39 is 0 Å². The number of carbonyl (C=O) groups is 1. The standard InChI is InChI=1S/C17H14ClNO2/c1-11-4-3-7-19-15(11)9-13(16(19)10-20)12-5-6-17(21-2)14(18)8-12/h3-10H,1-2H3. The van der Waals surface area contributed by atoms with Crippen molar-refractivity contribution in [2.75, 3.05) is 7.11 Å². The molecule has 3 rings (SSSR count). The van der Waals surface area contributed by atoms with Gasteiger partial charge in [-0.3, -0.25) is 4.79 Å². The van der Waals surface area contributed by atoms with Gasteiger partial charge in [0.05, 0.1) is 17.8 Å². The zero-order chi connectivity index (χ0) is 15.0. The van der Waals surface area contributed by atoms with E-state index in [9.17, 15) is 4.79 Å². The van der Waals surface area contributed by atoms with Gasteiger partial charge in [0.25, 0.3) is 0 Å². The molecule has 0 aliphatic heterocycles. The number of benzene rings is 1. The predicted molar refractivity (Wildman–Crippen MR) is 84.5 cm³/mol. The average Bonchev–Trinajstić information content (AvgIpc) is 2.87. The van der Waals surface area contributed by atoms with Gasteiger partial charge in [0, 0.05) is 17.3 Å². The van der Waals surface area contributed by atoms with Crippen LogP contribution in [0.2, 0.25) is 5.02 Å². The summed E-state index contributed by atoms with van der Waals surface area (Å²) in [5, 5.41) is 0.527. The van der Waals surface area contributed by atoms with Crippen molar-refractivity contribution in [3.8, 4) is 16.9 Å². The molecular formula is C17H14ClNO2. The number of halogens is 1. The van der Waals surface area contributed by atoms with Crippen molar-refractivity contribution in [1.82, 2.24) is 4.40 Å². The van der Waals surface area contributed by atoms with Crippen LogP contribution in [0.4, 0.5) is 0 Å². The SMILES string of the molecule is COc1ccc(-c2cc3c(C)cccn3c2C=O)cc1Cl. The number of ether oxygens (including phenoxy) is 1. The third-order valence-corrected chi connectivity index (χ3v) is 3.93. The maximum atomic E-state index is 11.5. The van der Waals surface area contributed by atoms with Crippen molar-refractivity contribution >= 4 is 23.4 Å². The molecule has 0 amide bonds. The molecule has 0 aliphatic carbocycles. The van der Waals surface area contributed by atoms with Crippen molar-refractivity contribution < 1.29 is 9.53 Å². The molecule has 1 aromatic carbocycles. The van der Waals surface area contributed by atoms with E-state index in [0.29, 0.717) is 16.5 Å². The Bertz CT molecular complexity index is 836. The van der Waals surface area contributed by atoms with Gasteiger partial charge in [-0.2, -0.15) is 0 Å². The number of aldehydes is 1. The Balaban J connectivity index is 2.27. The fourth-order valence-electron chi connectivity index (χ4n) is 2.55. The number of methoxy groups -OCH3 is 1. The summed E-state index contributed by atoms with van der Waals surface area (Å²) in [6.45, 7) is 2.02. The van der Waals surface area contributed by atoms with E-state index in [4.69, 9.17) is 16.3 Å². The lowest BCUT2D eigenvalue weighted by Crippen LogP contribution is -1.93. The molecule has 3 aromatic rings. The molecule has 2 aromatic heterocycles. The molecule has 0 atom stereocenters. The second-order valence-corrected chi connectivity index (χ2v) is 5.26. The van der Waals surface area contributed by atoms with Gasteiger partial charge < -0.3 is 9.14 Å². The van der Waals surface area contributed by atoms with E-state index in [2.05, 4.69) is 0 Å². The summed E-state index contributed by atoms with van der Waals surface area (Å²) in [7, 11) is 1.58. The Morgan fingerprint density at radius 2 is 2.05 bits per heavy atom. The number of rotatable bonds is 3. The number of carbonyl (C=O) groups excluding carboxylic acids is 1. The lowest BCUT2D eigenvalue weighted by Gasteiger charge is -2.05. The largest absolute Gasteiger partial charge is 0.495 e. The van der Waals surface area contributed by atoms with Gasteiger partial charge in [0.2, 0.25) is 0 Å². The van der Waals surface area contributed by atoms with Gasteiger partial charge in [-0.15, -0.1) is 0 Å². The molecule has 106 valence electrons. The molecule has 0 N–H and O–H groups in total. The van der Waals surface area contributed by atoms with Crippen molar-refractivity contribution in [3.05, 3.63) is 58.9 Å². The quantitative estimate of drug-likeness (QED) is 0.672. The summed E-state index contributed by atoms with van der Waals surface area (Å²) >= 11 is 6.18. The van der Waals surface area contributed by atoms with Crippen LogP contribution >= 0.6 is 11.6 Å². The molecule has 0 aliphatic rings. The minimum atomic E-state index is 0.527. The summed E-state index contributed by atoms with van der Waals surface area (Å²) in [4.78, 5) is 11.5. The van der Waals surface area contributed by atoms with Crippen LogP contribution in [0.1, 0.15) is 16.1 Å². The number of nitrogens with zero attached hydrogens (tertiary/aromatic N) is 1. The van der Waals surface area contributed by atoms with E-state index in [-0.39, 0.29) is 0 Å². The highest BCUT2D eigenvalue weighted by Crippen LogP contribution is 2.33. The monoisotopic (exact) mass is 299 g/mol.